The van der Waals surface area contributed by atoms with Gasteiger partial charge in [0.25, 0.3) is 0 Å². The van der Waals surface area contributed by atoms with Crippen molar-refractivity contribution in [2.45, 2.75) is 115 Å². The Morgan fingerprint density at radius 1 is 0.357 bits per heavy atom. The van der Waals surface area contributed by atoms with Crippen LogP contribution in [-0.2, 0) is 21.7 Å². The summed E-state index contributed by atoms with van der Waals surface area (Å²) in [5.41, 5.74) is 15.3. The van der Waals surface area contributed by atoms with Gasteiger partial charge in [0.1, 0.15) is 0 Å². The van der Waals surface area contributed by atoms with Gasteiger partial charge in [0.2, 0.25) is 0 Å². The third-order valence-corrected chi connectivity index (χ3v) is 13.0. The van der Waals surface area contributed by atoms with E-state index in [1.54, 1.807) is 0 Å². The molecular formula is C52H55N3S. The molecule has 8 aromatic rings. The summed E-state index contributed by atoms with van der Waals surface area (Å²) in [7, 11) is 0. The summed E-state index contributed by atoms with van der Waals surface area (Å²) in [4.78, 5) is 2.46. The van der Waals surface area contributed by atoms with E-state index < -0.39 is 0 Å². The molecule has 0 fully saturated rings. The van der Waals surface area contributed by atoms with Crippen LogP contribution in [0.2, 0.25) is 0 Å². The maximum absolute atomic E-state index is 3.79. The van der Waals surface area contributed by atoms with Gasteiger partial charge in [0.05, 0.1) is 33.4 Å². The molecule has 0 saturated heterocycles. The predicted molar refractivity (Wildman–Crippen MR) is 244 cm³/mol. The number of hydrogen-bond donors (Lipinski definition) is 1. The molecule has 0 spiro atoms. The van der Waals surface area contributed by atoms with E-state index in [1.807, 2.05) is 11.8 Å². The quantitative estimate of drug-likeness (QED) is 0.190. The van der Waals surface area contributed by atoms with Gasteiger partial charge in [0.15, 0.2) is 0 Å². The van der Waals surface area contributed by atoms with Crippen molar-refractivity contribution in [1.82, 2.24) is 9.13 Å². The topological polar surface area (TPSA) is 21.9 Å². The summed E-state index contributed by atoms with van der Waals surface area (Å²) in [5, 5.41) is 9.04. The third-order valence-electron chi connectivity index (χ3n) is 11.9. The van der Waals surface area contributed by atoms with Crippen LogP contribution in [0.4, 0.5) is 11.4 Å². The first-order chi connectivity index (χ1) is 26.3. The molecule has 1 N–H and O–H groups in total. The van der Waals surface area contributed by atoms with Crippen molar-refractivity contribution in [3.8, 4) is 11.4 Å². The summed E-state index contributed by atoms with van der Waals surface area (Å²) >= 11 is 1.86. The van der Waals surface area contributed by atoms with Crippen LogP contribution in [0.3, 0.4) is 0 Å². The van der Waals surface area contributed by atoms with Crippen molar-refractivity contribution in [2.75, 3.05) is 5.32 Å². The summed E-state index contributed by atoms with van der Waals surface area (Å²) in [6.45, 7) is 27.6. The zero-order valence-corrected chi connectivity index (χ0v) is 36.0. The molecule has 284 valence electrons. The molecule has 2 aromatic heterocycles. The molecule has 3 nitrogen and oxygen atoms in total. The largest absolute Gasteiger partial charge is 0.354 e. The van der Waals surface area contributed by atoms with Gasteiger partial charge in [-0.25, -0.2) is 0 Å². The van der Waals surface area contributed by atoms with Crippen LogP contribution in [0, 0.1) is 0 Å². The highest BCUT2D eigenvalue weighted by molar-refractivity contribution is 7.99. The first-order valence-corrected chi connectivity index (χ1v) is 21.0. The molecule has 0 atom stereocenters. The van der Waals surface area contributed by atoms with Gasteiger partial charge < -0.3 is 14.5 Å². The van der Waals surface area contributed by atoms with Crippen molar-refractivity contribution >= 4 is 66.7 Å². The molecule has 3 heterocycles. The fraction of sp³-hybridized carbons (Fsp3) is 0.308. The highest BCUT2D eigenvalue weighted by Crippen LogP contribution is 2.48. The van der Waals surface area contributed by atoms with Crippen LogP contribution in [-0.4, -0.2) is 9.13 Å². The Bertz CT molecular complexity index is 2550. The van der Waals surface area contributed by atoms with Gasteiger partial charge in [0, 0.05) is 42.7 Å². The van der Waals surface area contributed by atoms with Crippen LogP contribution in [0.5, 0.6) is 0 Å². The van der Waals surface area contributed by atoms with Crippen LogP contribution >= 0.6 is 11.8 Å². The van der Waals surface area contributed by atoms with Crippen LogP contribution in [0.15, 0.2) is 119 Å². The third kappa shape index (κ3) is 6.04. The molecule has 6 aromatic carbocycles. The maximum atomic E-state index is 3.79. The van der Waals surface area contributed by atoms with Gasteiger partial charge >= 0.3 is 0 Å². The second kappa shape index (κ2) is 12.3. The maximum Gasteiger partial charge on any atom is 0.0541 e. The van der Waals surface area contributed by atoms with Crippen molar-refractivity contribution in [1.29, 1.82) is 0 Å². The Kier molecular flexibility index (Phi) is 8.05. The zero-order chi connectivity index (χ0) is 39.7. The number of fused-ring (bicyclic) bond motifs is 8. The second-order valence-corrected chi connectivity index (χ2v) is 21.3. The van der Waals surface area contributed by atoms with E-state index in [0.29, 0.717) is 0 Å². The number of nitrogens with one attached hydrogen (secondary N) is 1. The summed E-state index contributed by atoms with van der Waals surface area (Å²) in [6.07, 6.45) is 0. The minimum atomic E-state index is 0.0641. The number of hydrogen-bond acceptors (Lipinski definition) is 2. The lowest BCUT2D eigenvalue weighted by Crippen LogP contribution is -2.10. The fourth-order valence-electron chi connectivity index (χ4n) is 8.41. The highest BCUT2D eigenvalue weighted by atomic mass is 32.2. The molecule has 0 aliphatic carbocycles. The molecule has 0 saturated carbocycles. The lowest BCUT2D eigenvalue weighted by atomic mass is 9.85. The Morgan fingerprint density at radius 2 is 0.643 bits per heavy atom. The zero-order valence-electron chi connectivity index (χ0n) is 35.2. The Labute approximate surface area is 337 Å². The average molecular weight is 754 g/mol. The molecule has 0 amide bonds. The Balaban J connectivity index is 1.17. The molecule has 1 aliphatic rings. The van der Waals surface area contributed by atoms with Gasteiger partial charge in [-0.15, -0.1) is 0 Å². The number of anilines is 2. The SMILES string of the molecule is CC(C)(C)c1ccc2c(c1)c1cc(C(C)(C)C)ccc1n2-c1ccc2c(c1)Sc1cc(-n3c4ccc(C(C)(C)C)cc4c4cc(C(C)(C)C)ccc43)ccc1N2. The van der Waals surface area contributed by atoms with Crippen molar-refractivity contribution in [2.24, 2.45) is 0 Å². The van der Waals surface area contributed by atoms with Gasteiger partial charge in [-0.1, -0.05) is 119 Å². The molecule has 9 rings (SSSR count). The van der Waals surface area contributed by atoms with Crippen molar-refractivity contribution in [3.05, 3.63) is 131 Å². The van der Waals surface area contributed by atoms with E-state index in [0.717, 1.165) is 11.4 Å². The smallest absolute Gasteiger partial charge is 0.0541 e. The minimum absolute atomic E-state index is 0.0641. The summed E-state index contributed by atoms with van der Waals surface area (Å²) in [6, 6.07) is 42.1. The molecule has 4 heteroatoms. The predicted octanol–water partition coefficient (Wildman–Crippen LogP) is 15.3. The van der Waals surface area contributed by atoms with E-state index in [9.17, 15) is 0 Å². The highest BCUT2D eigenvalue weighted by Gasteiger charge is 2.25. The number of aromatic nitrogens is 2. The van der Waals surface area contributed by atoms with E-state index in [2.05, 4.69) is 207 Å². The number of benzene rings is 6. The van der Waals surface area contributed by atoms with E-state index in [4.69, 9.17) is 0 Å². The van der Waals surface area contributed by atoms with Crippen molar-refractivity contribution < 1.29 is 0 Å². The second-order valence-electron chi connectivity index (χ2n) is 20.2. The summed E-state index contributed by atoms with van der Waals surface area (Å²) in [5.74, 6) is 0. The van der Waals surface area contributed by atoms with Crippen LogP contribution in [0.25, 0.3) is 55.0 Å². The molecule has 1 aliphatic heterocycles. The van der Waals surface area contributed by atoms with E-state index in [-0.39, 0.29) is 21.7 Å². The first-order valence-electron chi connectivity index (χ1n) is 20.2. The van der Waals surface area contributed by atoms with Gasteiger partial charge in [-0.3, -0.25) is 0 Å². The van der Waals surface area contributed by atoms with E-state index >= 15 is 0 Å². The molecular weight excluding hydrogens is 699 g/mol. The molecule has 0 bridgehead atoms. The fourth-order valence-corrected chi connectivity index (χ4v) is 9.46. The molecule has 0 radical (unpaired) electrons. The van der Waals surface area contributed by atoms with Crippen LogP contribution in [0.1, 0.15) is 105 Å². The van der Waals surface area contributed by atoms with Gasteiger partial charge in [-0.2, -0.15) is 0 Å². The monoisotopic (exact) mass is 753 g/mol. The Morgan fingerprint density at radius 3 is 0.911 bits per heavy atom. The Hall–Kier alpha value is -4.93. The van der Waals surface area contributed by atoms with Crippen molar-refractivity contribution in [3.63, 3.8) is 0 Å². The van der Waals surface area contributed by atoms with E-state index in [1.165, 1.54) is 87.0 Å². The lowest BCUT2D eigenvalue weighted by molar-refractivity contribution is 0.590. The summed E-state index contributed by atoms with van der Waals surface area (Å²) < 4.78 is 4.93. The number of nitrogens with zero attached hydrogens (tertiary/aromatic N) is 2. The first kappa shape index (κ1) is 36.7. The minimum Gasteiger partial charge on any atom is -0.354 e. The molecule has 56 heavy (non-hydrogen) atoms. The lowest BCUT2D eigenvalue weighted by Gasteiger charge is -2.23. The van der Waals surface area contributed by atoms with Crippen LogP contribution < -0.4 is 5.32 Å². The van der Waals surface area contributed by atoms with Gasteiger partial charge in [-0.05, 0) is 129 Å². The normalized spacial score (nSPS) is 13.8. The average Bonchev–Trinajstić information content (AvgIpc) is 3.63. The molecule has 0 unspecified atom stereocenters. The number of rotatable bonds is 2. The standard InChI is InChI=1S/C52H55N3S/c1-49(2,3)31-13-21-43-37(25-31)38-26-32(50(4,5)6)14-22-44(38)54(43)35-17-19-41-47(29-35)56-48-30-36(18-20-42(48)53-41)55-45-23-15-33(51(7,8)9)27-39(45)40-28-34(52(10,11)12)16-24-46(40)55/h13-30,53H,1-12H3.